The van der Waals surface area contributed by atoms with Gasteiger partial charge >= 0.3 is 0 Å². The van der Waals surface area contributed by atoms with Crippen LogP contribution in [0.3, 0.4) is 0 Å². The van der Waals surface area contributed by atoms with Crippen LogP contribution in [0.2, 0.25) is 0 Å². The first-order chi connectivity index (χ1) is 7.75. The molecular weight excluding hydrogens is 238 g/mol. The first-order valence-electron chi connectivity index (χ1n) is 5.74. The van der Waals surface area contributed by atoms with E-state index in [1.807, 2.05) is 0 Å². The summed E-state index contributed by atoms with van der Waals surface area (Å²) in [5.41, 5.74) is 0. The van der Waals surface area contributed by atoms with Gasteiger partial charge in [0.1, 0.15) is 18.3 Å². The predicted molar refractivity (Wildman–Crippen MR) is 70.4 cm³/mol. The Morgan fingerprint density at radius 1 is 0.944 bits per heavy atom. The Morgan fingerprint density at radius 2 is 1.39 bits per heavy atom. The molecule has 0 aromatic rings. The second kappa shape index (κ2) is 9.66. The van der Waals surface area contributed by atoms with Crippen LogP contribution < -0.4 is 0 Å². The van der Waals surface area contributed by atoms with E-state index in [-0.39, 0.29) is 26.7 Å². The van der Waals surface area contributed by atoms with Crippen molar-refractivity contribution in [1.29, 1.82) is 0 Å². The molecule has 112 valence electrons. The molecule has 0 bridgehead atoms. The molecule has 0 aromatic heterocycles. The summed E-state index contributed by atoms with van der Waals surface area (Å²) in [4.78, 5) is 1.68. The maximum atomic E-state index is 9.63. The van der Waals surface area contributed by atoms with E-state index in [1.165, 1.54) is 0 Å². The van der Waals surface area contributed by atoms with E-state index in [0.29, 0.717) is 0 Å². The third-order valence-electron chi connectivity index (χ3n) is 2.29. The molecule has 0 fully saturated rings. The maximum Gasteiger partial charge on any atom is 0.111 e. The van der Waals surface area contributed by atoms with Crippen molar-refractivity contribution in [3.63, 3.8) is 0 Å². The molecule has 0 aliphatic rings. The van der Waals surface area contributed by atoms with Gasteiger partial charge in [-0.1, -0.05) is 7.43 Å². The van der Waals surface area contributed by atoms with Crippen LogP contribution in [0.15, 0.2) is 0 Å². The minimum absolute atomic E-state index is 0. The number of aliphatic hydroxyl groups excluding tert-OH is 4. The summed E-state index contributed by atoms with van der Waals surface area (Å²) in [7, 11) is 3.47. The Balaban J connectivity index is 0. The molecule has 18 heavy (non-hydrogen) atoms. The van der Waals surface area contributed by atoms with E-state index in [1.54, 1.807) is 32.8 Å². The Bertz CT molecular complexity index is 201. The lowest BCUT2D eigenvalue weighted by molar-refractivity contribution is -0.128. The zero-order valence-corrected chi connectivity index (χ0v) is 10.9. The number of ether oxygens (including phenoxy) is 1. The van der Waals surface area contributed by atoms with Crippen molar-refractivity contribution in [2.45, 2.75) is 51.8 Å². The summed E-state index contributed by atoms with van der Waals surface area (Å²) in [6, 6.07) is 0. The summed E-state index contributed by atoms with van der Waals surface area (Å²) in [6.07, 6.45) is -5.23. The fourth-order valence-electron chi connectivity index (χ4n) is 1.33. The maximum absolute atomic E-state index is 9.63. The molecule has 0 radical (unpaired) electrons. The summed E-state index contributed by atoms with van der Waals surface area (Å²) < 4.78 is 5.12. The van der Waals surface area contributed by atoms with Crippen molar-refractivity contribution in [2.75, 3.05) is 27.2 Å². The SMILES string of the molecule is C.CC(C)OCC(O)[C@@H](O)[C@H](O)C(O)CN(C)C. The van der Waals surface area contributed by atoms with Gasteiger partial charge in [-0.3, -0.25) is 0 Å². The first kappa shape index (κ1) is 20.1. The monoisotopic (exact) mass is 267 g/mol. The van der Waals surface area contributed by atoms with Gasteiger partial charge in [-0.15, -0.1) is 0 Å². The Hall–Kier alpha value is -0.240. The predicted octanol–water partition coefficient (Wildman–Crippen LogP) is -0.947. The summed E-state index contributed by atoms with van der Waals surface area (Å²) in [6.45, 7) is 3.73. The summed E-state index contributed by atoms with van der Waals surface area (Å²) in [5, 5.41) is 38.4. The van der Waals surface area contributed by atoms with E-state index in [0.717, 1.165) is 0 Å². The smallest absolute Gasteiger partial charge is 0.111 e. The zero-order valence-electron chi connectivity index (χ0n) is 10.9. The first-order valence-corrected chi connectivity index (χ1v) is 5.74. The molecule has 0 rings (SSSR count). The molecule has 0 aromatic carbocycles. The quantitative estimate of drug-likeness (QED) is 0.453. The minimum atomic E-state index is -1.43. The molecule has 0 aliphatic heterocycles. The Kier molecular flexibility index (Phi) is 10.8. The number of likely N-dealkylation sites (N-methyl/N-ethyl adjacent to an activating group) is 1. The largest absolute Gasteiger partial charge is 0.389 e. The van der Waals surface area contributed by atoms with Crippen molar-refractivity contribution in [3.05, 3.63) is 0 Å². The fraction of sp³-hybridized carbons (Fsp3) is 1.00. The number of hydrogen-bond acceptors (Lipinski definition) is 6. The Labute approximate surface area is 110 Å². The molecule has 0 amide bonds. The van der Waals surface area contributed by atoms with E-state index in [9.17, 15) is 20.4 Å². The van der Waals surface area contributed by atoms with E-state index >= 15 is 0 Å². The van der Waals surface area contributed by atoms with E-state index in [4.69, 9.17) is 4.74 Å². The van der Waals surface area contributed by atoms with Crippen LogP contribution in [0.4, 0.5) is 0 Å². The summed E-state index contributed by atoms with van der Waals surface area (Å²) in [5.74, 6) is 0. The lowest BCUT2D eigenvalue weighted by Gasteiger charge is -2.28. The van der Waals surface area contributed by atoms with Crippen LogP contribution in [0.25, 0.3) is 0 Å². The fourth-order valence-corrected chi connectivity index (χ4v) is 1.33. The number of aliphatic hydroxyl groups is 4. The third-order valence-corrected chi connectivity index (χ3v) is 2.29. The highest BCUT2D eigenvalue weighted by Crippen LogP contribution is 2.07. The molecule has 4 atom stereocenters. The minimum Gasteiger partial charge on any atom is -0.389 e. The highest BCUT2D eigenvalue weighted by molar-refractivity contribution is 4.81. The van der Waals surface area contributed by atoms with Crippen molar-refractivity contribution in [3.8, 4) is 0 Å². The van der Waals surface area contributed by atoms with Crippen LogP contribution in [-0.4, -0.2) is 83.1 Å². The standard InChI is InChI=1S/C11H25NO5.CH4/c1-7(2)17-6-9(14)11(16)10(15)8(13)5-12(3)4;/h7-11,13-16H,5-6H2,1-4H3;1H4/t8?,9?,10-,11-;/m1./s1. The zero-order chi connectivity index (χ0) is 13.6. The van der Waals surface area contributed by atoms with Gasteiger partial charge in [0.25, 0.3) is 0 Å². The van der Waals surface area contributed by atoms with Crippen molar-refractivity contribution >= 4 is 0 Å². The Morgan fingerprint density at radius 3 is 1.78 bits per heavy atom. The highest BCUT2D eigenvalue weighted by Gasteiger charge is 2.30. The molecule has 0 saturated heterocycles. The van der Waals surface area contributed by atoms with Gasteiger partial charge in [-0.05, 0) is 27.9 Å². The molecule has 0 heterocycles. The van der Waals surface area contributed by atoms with Crippen molar-refractivity contribution in [1.82, 2.24) is 4.90 Å². The van der Waals surface area contributed by atoms with Crippen LogP contribution in [-0.2, 0) is 4.74 Å². The van der Waals surface area contributed by atoms with Gasteiger partial charge in [0.05, 0.1) is 18.8 Å². The normalized spacial score (nSPS) is 18.3. The highest BCUT2D eigenvalue weighted by atomic mass is 16.5. The van der Waals surface area contributed by atoms with Crippen LogP contribution in [0, 0.1) is 0 Å². The molecule has 6 heteroatoms. The van der Waals surface area contributed by atoms with Crippen molar-refractivity contribution in [2.24, 2.45) is 0 Å². The lowest BCUT2D eigenvalue weighted by Crippen LogP contribution is -2.49. The van der Waals surface area contributed by atoms with Crippen LogP contribution in [0.5, 0.6) is 0 Å². The van der Waals surface area contributed by atoms with Gasteiger partial charge in [0.2, 0.25) is 0 Å². The molecule has 0 saturated carbocycles. The molecule has 2 unspecified atom stereocenters. The van der Waals surface area contributed by atoms with E-state index in [2.05, 4.69) is 0 Å². The number of nitrogens with zero attached hydrogens (tertiary/aromatic N) is 1. The average Bonchev–Trinajstić information content (AvgIpc) is 2.22. The lowest BCUT2D eigenvalue weighted by atomic mass is 10.0. The van der Waals surface area contributed by atoms with Gasteiger partial charge in [0.15, 0.2) is 0 Å². The van der Waals surface area contributed by atoms with Crippen LogP contribution in [0.1, 0.15) is 21.3 Å². The molecule has 4 N–H and O–H groups in total. The second-order valence-corrected chi connectivity index (χ2v) is 4.76. The van der Waals surface area contributed by atoms with Gasteiger partial charge < -0.3 is 30.1 Å². The number of hydrogen-bond donors (Lipinski definition) is 4. The molecule has 6 nitrogen and oxygen atoms in total. The van der Waals surface area contributed by atoms with Gasteiger partial charge in [-0.2, -0.15) is 0 Å². The third kappa shape index (κ3) is 7.97. The summed E-state index contributed by atoms with van der Waals surface area (Å²) >= 11 is 0. The van der Waals surface area contributed by atoms with E-state index < -0.39 is 24.4 Å². The van der Waals surface area contributed by atoms with Crippen molar-refractivity contribution < 1.29 is 25.2 Å². The molecule has 0 aliphatic carbocycles. The number of rotatable bonds is 8. The topological polar surface area (TPSA) is 93.4 Å². The van der Waals surface area contributed by atoms with Gasteiger partial charge in [0, 0.05) is 6.54 Å². The molecule has 0 spiro atoms. The molecular formula is C12H29NO5. The van der Waals surface area contributed by atoms with Gasteiger partial charge in [-0.25, -0.2) is 0 Å². The second-order valence-electron chi connectivity index (χ2n) is 4.76. The van der Waals surface area contributed by atoms with Crippen LogP contribution >= 0.6 is 0 Å². The average molecular weight is 267 g/mol.